The topological polar surface area (TPSA) is 75.3 Å². The molecule has 2 saturated carbocycles. The first kappa shape index (κ1) is 19.3. The molecule has 2 N–H and O–H groups in total. The number of sulfonamides is 1. The van der Waals surface area contributed by atoms with Gasteiger partial charge in [-0.15, -0.1) is 0 Å². The molecule has 2 fully saturated rings. The Morgan fingerprint density at radius 1 is 1.07 bits per heavy atom. The molecule has 5 nitrogen and oxygen atoms in total. The van der Waals surface area contributed by atoms with Crippen LogP contribution < -0.4 is 10.0 Å². The Morgan fingerprint density at radius 2 is 1.82 bits per heavy atom. The zero-order valence-corrected chi connectivity index (χ0v) is 17.2. The number of carbonyl (C=O) groups is 1. The molecule has 0 radical (unpaired) electrons. The van der Waals surface area contributed by atoms with Crippen molar-refractivity contribution in [2.75, 3.05) is 4.72 Å². The maximum Gasteiger partial charge on any atom is 0.261 e. The van der Waals surface area contributed by atoms with Gasteiger partial charge in [0, 0.05) is 11.7 Å². The number of hydrogen-bond acceptors (Lipinski definition) is 3. The van der Waals surface area contributed by atoms with Crippen molar-refractivity contribution in [3.63, 3.8) is 0 Å². The highest BCUT2D eigenvalue weighted by molar-refractivity contribution is 7.92. The van der Waals surface area contributed by atoms with Gasteiger partial charge in [-0.25, -0.2) is 8.42 Å². The molecule has 1 amide bonds. The summed E-state index contributed by atoms with van der Waals surface area (Å²) in [5.41, 5.74) is 1.57. The molecule has 7 heteroatoms. The number of benzene rings is 2. The van der Waals surface area contributed by atoms with Gasteiger partial charge in [0.15, 0.2) is 0 Å². The van der Waals surface area contributed by atoms with Crippen LogP contribution in [0.4, 0.5) is 5.69 Å². The highest BCUT2D eigenvalue weighted by atomic mass is 35.5. The van der Waals surface area contributed by atoms with E-state index < -0.39 is 10.0 Å². The zero-order chi connectivity index (χ0) is 19.9. The van der Waals surface area contributed by atoms with Crippen LogP contribution in [-0.4, -0.2) is 20.4 Å². The second kappa shape index (κ2) is 7.41. The van der Waals surface area contributed by atoms with Crippen molar-refractivity contribution in [3.8, 4) is 0 Å². The Bertz CT molecular complexity index is 1000. The highest BCUT2D eigenvalue weighted by Crippen LogP contribution is 2.44. The van der Waals surface area contributed by atoms with E-state index in [9.17, 15) is 13.2 Å². The van der Waals surface area contributed by atoms with Gasteiger partial charge in [-0.3, -0.25) is 9.52 Å². The van der Waals surface area contributed by atoms with Crippen molar-refractivity contribution in [2.45, 2.75) is 43.5 Å². The van der Waals surface area contributed by atoms with Crippen molar-refractivity contribution in [1.82, 2.24) is 5.32 Å². The molecule has 28 heavy (non-hydrogen) atoms. The smallest absolute Gasteiger partial charge is 0.261 e. The SMILES string of the molecule is Cc1ccc(S(=O)(=O)Nc2ccc(Cl)c(C(=O)N[C@H]3C[C@H]4CC[C@@H]3C4)c2)cc1. The quantitative estimate of drug-likeness (QED) is 0.757. The molecule has 2 aliphatic carbocycles. The molecule has 2 bridgehead atoms. The van der Waals surface area contributed by atoms with E-state index in [1.807, 2.05) is 6.92 Å². The van der Waals surface area contributed by atoms with Gasteiger partial charge in [-0.2, -0.15) is 0 Å². The molecular formula is C21H23ClN2O3S. The summed E-state index contributed by atoms with van der Waals surface area (Å²) in [5, 5.41) is 3.40. The number of anilines is 1. The van der Waals surface area contributed by atoms with E-state index in [-0.39, 0.29) is 22.4 Å². The van der Waals surface area contributed by atoms with Crippen LogP contribution in [0.5, 0.6) is 0 Å². The summed E-state index contributed by atoms with van der Waals surface area (Å²) in [6.07, 6.45) is 4.64. The largest absolute Gasteiger partial charge is 0.349 e. The number of aryl methyl sites for hydroxylation is 1. The van der Waals surface area contributed by atoms with E-state index in [2.05, 4.69) is 10.0 Å². The van der Waals surface area contributed by atoms with E-state index in [4.69, 9.17) is 11.6 Å². The van der Waals surface area contributed by atoms with Crippen LogP contribution in [0.2, 0.25) is 5.02 Å². The van der Waals surface area contributed by atoms with Crippen LogP contribution in [0.25, 0.3) is 0 Å². The second-order valence-electron chi connectivity index (χ2n) is 7.87. The van der Waals surface area contributed by atoms with Crippen LogP contribution in [0.3, 0.4) is 0 Å². The van der Waals surface area contributed by atoms with Gasteiger partial charge in [0.1, 0.15) is 0 Å². The van der Waals surface area contributed by atoms with Crippen LogP contribution >= 0.6 is 11.6 Å². The molecule has 0 spiro atoms. The van der Waals surface area contributed by atoms with Crippen LogP contribution in [-0.2, 0) is 10.0 Å². The van der Waals surface area contributed by atoms with Crippen molar-refractivity contribution in [1.29, 1.82) is 0 Å². The van der Waals surface area contributed by atoms with Gasteiger partial charge in [0.2, 0.25) is 0 Å². The Kier molecular flexibility index (Phi) is 5.10. The number of amides is 1. The number of rotatable bonds is 5. The third-order valence-corrected chi connectivity index (χ3v) is 7.58. The maximum atomic E-state index is 12.8. The fraction of sp³-hybridized carbons (Fsp3) is 0.381. The predicted octanol–water partition coefficient (Wildman–Crippen LogP) is 4.37. The fourth-order valence-corrected chi connectivity index (χ4v) is 5.61. The normalized spacial score (nSPS) is 23.6. The lowest BCUT2D eigenvalue weighted by Gasteiger charge is -2.23. The number of nitrogens with one attached hydrogen (secondary N) is 2. The van der Waals surface area contributed by atoms with Crippen LogP contribution in [0.15, 0.2) is 47.4 Å². The molecule has 148 valence electrons. The first-order chi connectivity index (χ1) is 13.3. The Balaban J connectivity index is 1.52. The van der Waals surface area contributed by atoms with E-state index in [0.717, 1.165) is 17.9 Å². The number of hydrogen-bond donors (Lipinski definition) is 2. The molecule has 2 aromatic rings. The molecule has 2 aromatic carbocycles. The standard InChI is InChI=1S/C21H23ClN2O3S/c1-13-2-7-17(8-3-13)28(26,27)24-16-6-9-19(22)18(12-16)21(25)23-20-11-14-4-5-15(20)10-14/h2-3,6-9,12,14-15,20,24H,4-5,10-11H2,1H3,(H,23,25)/t14-,15+,20-/m0/s1. The lowest BCUT2D eigenvalue weighted by Crippen LogP contribution is -2.38. The summed E-state index contributed by atoms with van der Waals surface area (Å²) < 4.78 is 27.7. The first-order valence-corrected chi connectivity index (χ1v) is 11.4. The van der Waals surface area contributed by atoms with Gasteiger partial charge >= 0.3 is 0 Å². The van der Waals surface area contributed by atoms with E-state index in [0.29, 0.717) is 16.6 Å². The lowest BCUT2D eigenvalue weighted by atomic mass is 9.95. The summed E-state index contributed by atoms with van der Waals surface area (Å²) in [5.74, 6) is 1.02. The molecule has 0 aliphatic heterocycles. The minimum atomic E-state index is -3.74. The van der Waals surface area contributed by atoms with Gasteiger partial charge < -0.3 is 5.32 Å². The van der Waals surface area contributed by atoms with Crippen molar-refractivity contribution < 1.29 is 13.2 Å². The molecule has 0 heterocycles. The summed E-state index contributed by atoms with van der Waals surface area (Å²) in [7, 11) is -3.74. The molecule has 0 unspecified atom stereocenters. The minimum absolute atomic E-state index is 0.168. The highest BCUT2D eigenvalue weighted by Gasteiger charge is 2.40. The average Bonchev–Trinajstić information content (AvgIpc) is 3.26. The number of fused-ring (bicyclic) bond motifs is 2. The summed E-state index contributed by atoms with van der Waals surface area (Å²) >= 11 is 6.22. The van der Waals surface area contributed by atoms with E-state index in [1.54, 1.807) is 36.4 Å². The third kappa shape index (κ3) is 3.89. The molecule has 4 rings (SSSR count). The van der Waals surface area contributed by atoms with Crippen molar-refractivity contribution in [3.05, 3.63) is 58.6 Å². The third-order valence-electron chi connectivity index (χ3n) is 5.85. The summed E-state index contributed by atoms with van der Waals surface area (Å²) in [4.78, 5) is 12.9. The fourth-order valence-electron chi connectivity index (χ4n) is 4.36. The second-order valence-corrected chi connectivity index (χ2v) is 9.96. The minimum Gasteiger partial charge on any atom is -0.349 e. The number of halogens is 1. The summed E-state index contributed by atoms with van der Waals surface area (Å²) in [6.45, 7) is 1.89. The monoisotopic (exact) mass is 418 g/mol. The Labute approximate surface area is 170 Å². The maximum absolute atomic E-state index is 12.8. The van der Waals surface area contributed by atoms with Crippen LogP contribution in [0, 0.1) is 18.8 Å². The van der Waals surface area contributed by atoms with E-state index >= 15 is 0 Å². The number of carbonyl (C=O) groups excluding carboxylic acids is 1. The van der Waals surface area contributed by atoms with Crippen molar-refractivity contribution >= 4 is 33.2 Å². The molecule has 0 aromatic heterocycles. The first-order valence-electron chi connectivity index (χ1n) is 9.52. The molecule has 3 atom stereocenters. The Hall–Kier alpha value is -2.05. The van der Waals surface area contributed by atoms with Crippen molar-refractivity contribution in [2.24, 2.45) is 11.8 Å². The van der Waals surface area contributed by atoms with Gasteiger partial charge in [-0.1, -0.05) is 35.7 Å². The Morgan fingerprint density at radius 3 is 2.46 bits per heavy atom. The predicted molar refractivity (Wildman–Crippen MR) is 110 cm³/mol. The molecule has 0 saturated heterocycles. The van der Waals surface area contributed by atoms with Gasteiger partial charge in [0.05, 0.1) is 15.5 Å². The summed E-state index contributed by atoms with van der Waals surface area (Å²) in [6, 6.07) is 11.4. The van der Waals surface area contributed by atoms with Crippen LogP contribution in [0.1, 0.15) is 41.6 Å². The lowest BCUT2D eigenvalue weighted by molar-refractivity contribution is 0.0923. The van der Waals surface area contributed by atoms with Gasteiger partial charge in [-0.05, 0) is 68.4 Å². The molecular weight excluding hydrogens is 396 g/mol. The van der Waals surface area contributed by atoms with Gasteiger partial charge in [0.25, 0.3) is 15.9 Å². The van der Waals surface area contributed by atoms with E-state index in [1.165, 1.54) is 25.3 Å². The average molecular weight is 419 g/mol. The zero-order valence-electron chi connectivity index (χ0n) is 15.6. The molecule has 2 aliphatic rings.